The number of ether oxygens (including phenoxy) is 2. The van der Waals surface area contributed by atoms with Gasteiger partial charge in [-0.2, -0.15) is 4.58 Å². The predicted octanol–water partition coefficient (Wildman–Crippen LogP) is 11.2. The quantitative estimate of drug-likeness (QED) is 0.0534. The average molecular weight is 654 g/mol. The number of aryl methyl sites for hydroxylation is 1. The minimum atomic E-state index is 0.759. The second-order valence-electron chi connectivity index (χ2n) is 13.1. The summed E-state index contributed by atoms with van der Waals surface area (Å²) in [6.45, 7) is 12.5. The molecule has 1 aromatic heterocycles. The molecule has 0 bridgehead atoms. The van der Waals surface area contributed by atoms with Gasteiger partial charge in [0.05, 0.1) is 24.2 Å². The summed E-state index contributed by atoms with van der Waals surface area (Å²) in [4.78, 5) is 0. The first-order valence-electron chi connectivity index (χ1n) is 18.7. The Kier molecular flexibility index (Phi) is 11.7. The molecule has 0 radical (unpaired) electrons. The molecule has 6 rings (SSSR count). The average Bonchev–Trinajstić information content (AvgIpc) is 3.60. The number of hydrogen-bond acceptors (Lipinski definition) is 2. The van der Waals surface area contributed by atoms with Crippen LogP contribution in [0.15, 0.2) is 97.1 Å². The fourth-order valence-corrected chi connectivity index (χ4v) is 7.01. The van der Waals surface area contributed by atoms with E-state index in [-0.39, 0.29) is 0 Å². The number of unbranched alkanes of at least 4 members (excludes halogenated alkanes) is 4. The smallest absolute Gasteiger partial charge is 0.214 e. The lowest BCUT2D eigenvalue weighted by Crippen LogP contribution is -2.16. The zero-order valence-corrected chi connectivity index (χ0v) is 30.0. The van der Waals surface area contributed by atoms with Gasteiger partial charge < -0.3 is 14.0 Å². The number of nitrogens with zero attached hydrogens (tertiary/aromatic N) is 2. The molecule has 2 heterocycles. The second kappa shape index (κ2) is 16.7. The highest BCUT2D eigenvalue weighted by molar-refractivity contribution is 6.20. The third-order valence-corrected chi connectivity index (χ3v) is 9.61. The number of hydrogen-bond donors (Lipinski definition) is 0. The molecule has 1 aliphatic heterocycles. The van der Waals surface area contributed by atoms with Crippen LogP contribution in [0.4, 0.5) is 5.69 Å². The lowest BCUT2D eigenvalue weighted by molar-refractivity contribution is -0.436. The maximum atomic E-state index is 6.23. The molecule has 5 aromatic rings. The molecule has 4 nitrogen and oxygen atoms in total. The number of aromatic nitrogens is 1. The normalized spacial score (nSPS) is 13.7. The Morgan fingerprint density at radius 3 is 1.98 bits per heavy atom. The fraction of sp³-hybridized carbons (Fsp3) is 0.356. The van der Waals surface area contributed by atoms with E-state index in [1.807, 2.05) is 0 Å². The van der Waals surface area contributed by atoms with Gasteiger partial charge in [-0.25, -0.2) is 0 Å². The fourth-order valence-electron chi connectivity index (χ4n) is 7.01. The van der Waals surface area contributed by atoms with Crippen LogP contribution in [0.3, 0.4) is 0 Å². The molecule has 0 atom stereocenters. The van der Waals surface area contributed by atoms with E-state index in [1.165, 1.54) is 54.8 Å². The Morgan fingerprint density at radius 1 is 0.612 bits per heavy atom. The Hall–Kier alpha value is -4.57. The van der Waals surface area contributed by atoms with Gasteiger partial charge in [0.15, 0.2) is 0 Å². The molecule has 0 aliphatic carbocycles. The van der Waals surface area contributed by atoms with Crippen LogP contribution in [0.1, 0.15) is 84.6 Å². The molecule has 49 heavy (non-hydrogen) atoms. The SMILES string of the molecule is CCCCOc1ccc2c3c(cccc13)C(/C=C/C=C/C=C/C=c1/c3cccc4c(OCCCC)ccc(c43)n1CCCC)=[N+]2CCCC. The Balaban J connectivity index is 1.27. The maximum Gasteiger partial charge on any atom is 0.214 e. The standard InChI is InChI=1S/C45H53N2O2/c1-5-9-30-46-38(34-20-18-22-36-42(48-32-11-7-3)28-26-40(46)44(34)36)24-16-14-13-15-17-25-39-35-21-19-23-37-43(49-33-12-8-4)29-27-41(45(35)37)47(39)31-10-6-2/h13-29H,5-12,30-33H2,1-4H3/q+1. The number of allylic oxidation sites excluding steroid dienone is 6. The van der Waals surface area contributed by atoms with Gasteiger partial charge in [-0.05, 0) is 49.6 Å². The van der Waals surface area contributed by atoms with Gasteiger partial charge in [0.2, 0.25) is 11.4 Å². The van der Waals surface area contributed by atoms with Crippen LogP contribution < -0.4 is 14.8 Å². The van der Waals surface area contributed by atoms with E-state index in [0.717, 1.165) is 89.2 Å². The van der Waals surface area contributed by atoms with Crippen molar-refractivity contribution in [2.24, 2.45) is 0 Å². The Morgan fingerprint density at radius 2 is 1.24 bits per heavy atom. The van der Waals surface area contributed by atoms with Crippen LogP contribution in [0.2, 0.25) is 0 Å². The molecule has 0 amide bonds. The van der Waals surface area contributed by atoms with Crippen LogP contribution in [0, 0.1) is 0 Å². The van der Waals surface area contributed by atoms with Crippen molar-refractivity contribution < 1.29 is 14.0 Å². The van der Waals surface area contributed by atoms with Crippen LogP contribution in [0.5, 0.6) is 11.5 Å². The molecule has 4 aromatic carbocycles. The van der Waals surface area contributed by atoms with Gasteiger partial charge in [-0.15, -0.1) is 0 Å². The van der Waals surface area contributed by atoms with Gasteiger partial charge in [0.1, 0.15) is 18.0 Å². The van der Waals surface area contributed by atoms with Crippen molar-refractivity contribution >= 4 is 49.9 Å². The lowest BCUT2D eigenvalue weighted by Gasteiger charge is -2.10. The van der Waals surface area contributed by atoms with Gasteiger partial charge in [0.25, 0.3) is 0 Å². The molecule has 0 spiro atoms. The van der Waals surface area contributed by atoms with Crippen LogP contribution in [-0.4, -0.2) is 34.6 Å². The summed E-state index contributed by atoms with van der Waals surface area (Å²) in [5, 5.41) is 7.58. The molecule has 254 valence electrons. The minimum Gasteiger partial charge on any atom is -0.493 e. The maximum absolute atomic E-state index is 6.23. The van der Waals surface area contributed by atoms with E-state index < -0.39 is 0 Å². The van der Waals surface area contributed by atoms with Gasteiger partial charge in [-0.1, -0.05) is 114 Å². The van der Waals surface area contributed by atoms with E-state index in [9.17, 15) is 0 Å². The van der Waals surface area contributed by atoms with E-state index in [0.29, 0.717) is 0 Å². The van der Waals surface area contributed by atoms with E-state index in [4.69, 9.17) is 9.47 Å². The van der Waals surface area contributed by atoms with Gasteiger partial charge in [-0.3, -0.25) is 0 Å². The summed E-state index contributed by atoms with van der Waals surface area (Å²) in [5.74, 6) is 1.98. The van der Waals surface area contributed by atoms with Crippen molar-refractivity contribution in [2.75, 3.05) is 19.8 Å². The summed E-state index contributed by atoms with van der Waals surface area (Å²) < 4.78 is 17.4. The molecule has 0 saturated carbocycles. The van der Waals surface area contributed by atoms with Crippen LogP contribution >= 0.6 is 0 Å². The Labute approximate surface area is 292 Å². The molecule has 4 heteroatoms. The first-order valence-corrected chi connectivity index (χ1v) is 18.7. The topological polar surface area (TPSA) is 26.4 Å². The van der Waals surface area contributed by atoms with Crippen molar-refractivity contribution in [1.29, 1.82) is 0 Å². The first-order chi connectivity index (χ1) is 24.2. The molecule has 0 N–H and O–H groups in total. The Bertz CT molecular complexity index is 2070. The van der Waals surface area contributed by atoms with Crippen LogP contribution in [-0.2, 0) is 6.54 Å². The molecular weight excluding hydrogens is 601 g/mol. The number of benzene rings is 4. The van der Waals surface area contributed by atoms with E-state index >= 15 is 0 Å². The molecule has 0 unspecified atom stereocenters. The van der Waals surface area contributed by atoms with Crippen molar-refractivity contribution in [3.63, 3.8) is 0 Å². The minimum absolute atomic E-state index is 0.759. The second-order valence-corrected chi connectivity index (χ2v) is 13.1. The molecular formula is C45H53N2O2+. The third kappa shape index (κ3) is 7.25. The summed E-state index contributed by atoms with van der Waals surface area (Å²) >= 11 is 0. The highest BCUT2D eigenvalue weighted by Gasteiger charge is 2.31. The van der Waals surface area contributed by atoms with Gasteiger partial charge >= 0.3 is 0 Å². The predicted molar refractivity (Wildman–Crippen MR) is 210 cm³/mol. The van der Waals surface area contributed by atoms with Crippen LogP contribution in [0.25, 0.3) is 38.5 Å². The van der Waals surface area contributed by atoms with Crippen molar-refractivity contribution in [1.82, 2.24) is 4.57 Å². The van der Waals surface area contributed by atoms with E-state index in [1.54, 1.807) is 0 Å². The highest BCUT2D eigenvalue weighted by Crippen LogP contribution is 2.40. The molecule has 1 aliphatic rings. The first kappa shape index (κ1) is 34.3. The largest absolute Gasteiger partial charge is 0.493 e. The summed E-state index contributed by atoms with van der Waals surface area (Å²) in [6, 6.07) is 22.1. The summed E-state index contributed by atoms with van der Waals surface area (Å²) in [6.07, 6.45) is 24.3. The van der Waals surface area contributed by atoms with Crippen molar-refractivity contribution in [2.45, 2.75) is 85.6 Å². The third-order valence-electron chi connectivity index (χ3n) is 9.61. The lowest BCUT2D eigenvalue weighted by atomic mass is 10.0. The van der Waals surface area contributed by atoms with E-state index in [2.05, 4.69) is 140 Å². The summed E-state index contributed by atoms with van der Waals surface area (Å²) in [7, 11) is 0. The monoisotopic (exact) mass is 653 g/mol. The van der Waals surface area contributed by atoms with Crippen molar-refractivity contribution in [3.8, 4) is 11.5 Å². The zero-order chi connectivity index (χ0) is 34.0. The number of rotatable bonds is 18. The summed E-state index contributed by atoms with van der Waals surface area (Å²) in [5.41, 5.74) is 5.13. The van der Waals surface area contributed by atoms with Gasteiger partial charge in [0, 0.05) is 57.5 Å². The molecule has 0 saturated heterocycles. The van der Waals surface area contributed by atoms with Crippen molar-refractivity contribution in [3.05, 3.63) is 108 Å². The molecule has 0 fully saturated rings. The zero-order valence-electron chi connectivity index (χ0n) is 30.0. The highest BCUT2D eigenvalue weighted by atomic mass is 16.5.